The average Bonchev–Trinajstić information content (AvgIpc) is 3.29. The summed E-state index contributed by atoms with van der Waals surface area (Å²) < 4.78 is 26.6. The van der Waals surface area contributed by atoms with E-state index in [4.69, 9.17) is 0 Å². The van der Waals surface area contributed by atoms with Crippen LogP contribution in [0.25, 0.3) is 0 Å². The molecule has 1 aliphatic carbocycles. The number of benzene rings is 2. The van der Waals surface area contributed by atoms with Gasteiger partial charge in [-0.3, -0.25) is 13.9 Å². The third-order valence-corrected chi connectivity index (χ3v) is 7.90. The summed E-state index contributed by atoms with van der Waals surface area (Å²) in [4.78, 5) is 28.3. The SMILES string of the molecule is Cc1ccc(N(CC(=O)N(Cc2ccccc2C)C(C)C(=O)NC2CCCC2)S(C)(=O)=O)c(C)c1. The fraction of sp³-hybridized carbons (Fsp3) is 0.481. The second-order valence-electron chi connectivity index (χ2n) is 9.67. The van der Waals surface area contributed by atoms with Crippen LogP contribution < -0.4 is 9.62 Å². The van der Waals surface area contributed by atoms with Gasteiger partial charge in [0.25, 0.3) is 0 Å². The molecule has 2 aromatic carbocycles. The number of nitrogens with one attached hydrogen (secondary N) is 1. The largest absolute Gasteiger partial charge is 0.352 e. The van der Waals surface area contributed by atoms with Gasteiger partial charge in [0.2, 0.25) is 21.8 Å². The highest BCUT2D eigenvalue weighted by Crippen LogP contribution is 2.25. The molecule has 1 saturated carbocycles. The van der Waals surface area contributed by atoms with Gasteiger partial charge in [-0.2, -0.15) is 0 Å². The number of carbonyl (C=O) groups is 2. The molecule has 0 radical (unpaired) electrons. The van der Waals surface area contributed by atoms with E-state index < -0.39 is 22.0 Å². The average molecular weight is 500 g/mol. The molecule has 0 bridgehead atoms. The van der Waals surface area contributed by atoms with Gasteiger partial charge in [-0.15, -0.1) is 0 Å². The van der Waals surface area contributed by atoms with Gasteiger partial charge >= 0.3 is 0 Å². The first-order valence-electron chi connectivity index (χ1n) is 12.2. The summed E-state index contributed by atoms with van der Waals surface area (Å²) in [6, 6.07) is 12.5. The molecular weight excluding hydrogens is 462 g/mol. The lowest BCUT2D eigenvalue weighted by Gasteiger charge is -2.32. The third-order valence-electron chi connectivity index (χ3n) is 6.77. The van der Waals surface area contributed by atoms with Crippen LogP contribution in [0.5, 0.6) is 0 Å². The zero-order valence-electron chi connectivity index (χ0n) is 21.4. The second kappa shape index (κ2) is 11.2. The van der Waals surface area contributed by atoms with Crippen molar-refractivity contribution in [3.63, 3.8) is 0 Å². The fourth-order valence-electron chi connectivity index (χ4n) is 4.63. The van der Waals surface area contributed by atoms with Crippen molar-refractivity contribution in [2.45, 2.75) is 72.0 Å². The monoisotopic (exact) mass is 499 g/mol. The van der Waals surface area contributed by atoms with Gasteiger partial charge in [-0.25, -0.2) is 8.42 Å². The Hall–Kier alpha value is -2.87. The number of nitrogens with zero attached hydrogens (tertiary/aromatic N) is 2. The first kappa shape index (κ1) is 26.7. The lowest BCUT2D eigenvalue weighted by molar-refractivity contribution is -0.139. The minimum Gasteiger partial charge on any atom is -0.352 e. The van der Waals surface area contributed by atoms with Crippen molar-refractivity contribution in [3.05, 3.63) is 64.7 Å². The van der Waals surface area contributed by atoms with Crippen LogP contribution >= 0.6 is 0 Å². The lowest BCUT2D eigenvalue weighted by Crippen LogP contribution is -2.52. The highest BCUT2D eigenvalue weighted by Gasteiger charge is 2.32. The predicted molar refractivity (Wildman–Crippen MR) is 140 cm³/mol. The van der Waals surface area contributed by atoms with Crippen molar-refractivity contribution in [1.82, 2.24) is 10.2 Å². The molecule has 2 aromatic rings. The van der Waals surface area contributed by atoms with Crippen LogP contribution in [0.4, 0.5) is 5.69 Å². The molecule has 0 saturated heterocycles. The highest BCUT2D eigenvalue weighted by atomic mass is 32.2. The molecule has 0 spiro atoms. The maximum absolute atomic E-state index is 13.7. The van der Waals surface area contributed by atoms with Gasteiger partial charge < -0.3 is 10.2 Å². The van der Waals surface area contributed by atoms with Gasteiger partial charge in [-0.05, 0) is 63.3 Å². The Morgan fingerprint density at radius 2 is 1.69 bits per heavy atom. The summed E-state index contributed by atoms with van der Waals surface area (Å²) in [7, 11) is -3.74. The molecule has 1 fully saturated rings. The van der Waals surface area contributed by atoms with E-state index in [9.17, 15) is 18.0 Å². The minimum absolute atomic E-state index is 0.128. The number of rotatable bonds is 9. The fourth-order valence-corrected chi connectivity index (χ4v) is 5.53. The van der Waals surface area contributed by atoms with Crippen LogP contribution in [-0.4, -0.2) is 50.0 Å². The Balaban J connectivity index is 1.91. The zero-order chi connectivity index (χ0) is 25.8. The standard InChI is InChI=1S/C27H37N3O4S/c1-19-14-15-25(21(3)16-19)30(35(5,33)34)18-26(31)29(17-23-11-7-6-10-20(23)2)22(4)27(32)28-24-12-8-9-13-24/h6-7,10-11,14-16,22,24H,8-9,12-13,17-18H2,1-5H3,(H,28,32). The molecule has 1 N–H and O–H groups in total. The Kier molecular flexibility index (Phi) is 8.59. The topological polar surface area (TPSA) is 86.8 Å². The first-order valence-corrected chi connectivity index (χ1v) is 14.0. The van der Waals surface area contributed by atoms with Crippen molar-refractivity contribution in [2.24, 2.45) is 0 Å². The van der Waals surface area contributed by atoms with E-state index in [0.29, 0.717) is 5.69 Å². The summed E-state index contributed by atoms with van der Waals surface area (Å²) in [5.41, 5.74) is 4.15. The summed E-state index contributed by atoms with van der Waals surface area (Å²) in [6.07, 6.45) is 5.16. The van der Waals surface area contributed by atoms with Crippen LogP contribution in [-0.2, 0) is 26.2 Å². The van der Waals surface area contributed by atoms with E-state index in [-0.39, 0.29) is 25.0 Å². The van der Waals surface area contributed by atoms with Crippen molar-refractivity contribution in [2.75, 3.05) is 17.1 Å². The number of carbonyl (C=O) groups excluding carboxylic acids is 2. The van der Waals surface area contributed by atoms with Gasteiger partial charge in [0.05, 0.1) is 11.9 Å². The van der Waals surface area contributed by atoms with Crippen molar-refractivity contribution < 1.29 is 18.0 Å². The molecule has 190 valence electrons. The van der Waals surface area contributed by atoms with E-state index in [2.05, 4.69) is 5.32 Å². The molecule has 1 atom stereocenters. The zero-order valence-corrected chi connectivity index (χ0v) is 22.2. The van der Waals surface area contributed by atoms with Gasteiger partial charge in [0, 0.05) is 12.6 Å². The molecule has 0 aliphatic heterocycles. The normalized spacial score (nSPS) is 15.0. The molecule has 0 heterocycles. The Morgan fingerprint density at radius 1 is 1.03 bits per heavy atom. The van der Waals surface area contributed by atoms with E-state index >= 15 is 0 Å². The molecule has 7 nitrogen and oxygen atoms in total. The molecule has 35 heavy (non-hydrogen) atoms. The first-order chi connectivity index (χ1) is 16.5. The number of sulfonamides is 1. The van der Waals surface area contributed by atoms with Crippen molar-refractivity contribution in [3.8, 4) is 0 Å². The maximum Gasteiger partial charge on any atom is 0.244 e. The van der Waals surface area contributed by atoms with Crippen LogP contribution in [0, 0.1) is 20.8 Å². The van der Waals surface area contributed by atoms with Crippen LogP contribution in [0.15, 0.2) is 42.5 Å². The number of aryl methyl sites for hydroxylation is 3. The molecule has 1 aliphatic rings. The number of amides is 2. The quantitative estimate of drug-likeness (QED) is 0.568. The van der Waals surface area contributed by atoms with E-state index in [0.717, 1.165) is 58.5 Å². The predicted octanol–water partition coefficient (Wildman–Crippen LogP) is 3.85. The lowest BCUT2D eigenvalue weighted by atomic mass is 10.1. The Bertz CT molecular complexity index is 1170. The van der Waals surface area contributed by atoms with Gasteiger partial charge in [0.15, 0.2) is 0 Å². The molecule has 3 rings (SSSR count). The molecular formula is C27H37N3O4S. The van der Waals surface area contributed by atoms with E-state index in [1.807, 2.05) is 57.2 Å². The van der Waals surface area contributed by atoms with Crippen LogP contribution in [0.1, 0.15) is 54.9 Å². The van der Waals surface area contributed by atoms with Crippen molar-refractivity contribution >= 4 is 27.5 Å². The maximum atomic E-state index is 13.7. The molecule has 2 amide bonds. The Labute approximate surface area is 209 Å². The molecule has 1 unspecified atom stereocenters. The second-order valence-corrected chi connectivity index (χ2v) is 11.6. The summed E-state index contributed by atoms with van der Waals surface area (Å²) in [5.74, 6) is -0.635. The summed E-state index contributed by atoms with van der Waals surface area (Å²) >= 11 is 0. The smallest absolute Gasteiger partial charge is 0.244 e. The van der Waals surface area contributed by atoms with Crippen LogP contribution in [0.2, 0.25) is 0 Å². The van der Waals surface area contributed by atoms with Gasteiger partial charge in [0.1, 0.15) is 12.6 Å². The molecule has 0 aromatic heterocycles. The number of anilines is 1. The van der Waals surface area contributed by atoms with E-state index in [1.165, 1.54) is 4.90 Å². The highest BCUT2D eigenvalue weighted by molar-refractivity contribution is 7.92. The van der Waals surface area contributed by atoms with Crippen molar-refractivity contribution in [1.29, 1.82) is 0 Å². The number of hydrogen-bond donors (Lipinski definition) is 1. The third kappa shape index (κ3) is 6.84. The van der Waals surface area contributed by atoms with Gasteiger partial charge in [-0.1, -0.05) is 54.8 Å². The summed E-state index contributed by atoms with van der Waals surface area (Å²) in [6.45, 7) is 7.27. The Morgan fingerprint density at radius 3 is 2.29 bits per heavy atom. The minimum atomic E-state index is -3.74. The summed E-state index contributed by atoms with van der Waals surface area (Å²) in [5, 5.41) is 3.08. The van der Waals surface area contributed by atoms with Crippen LogP contribution in [0.3, 0.4) is 0 Å². The molecule has 8 heteroatoms. The number of hydrogen-bond acceptors (Lipinski definition) is 4. The van der Waals surface area contributed by atoms with E-state index in [1.54, 1.807) is 13.0 Å².